The smallest absolute Gasteiger partial charge is 0.335 e. The van der Waals surface area contributed by atoms with Gasteiger partial charge in [-0.1, -0.05) is 11.6 Å². The van der Waals surface area contributed by atoms with Crippen molar-refractivity contribution in [3.05, 3.63) is 28.8 Å². The summed E-state index contributed by atoms with van der Waals surface area (Å²) in [6.07, 6.45) is -3.60. The number of fused-ring (bicyclic) bond motifs is 1. The molecule has 29 heavy (non-hydrogen) atoms. The molecule has 2 atom stereocenters. The minimum absolute atomic E-state index is 0.0775. The fraction of sp³-hybridized carbons (Fsp3) is 0.500. The first kappa shape index (κ1) is 21.8. The number of hydrogen-bond acceptors (Lipinski definition) is 4. The molecule has 0 saturated carbocycles. The number of amides is 3. The van der Waals surface area contributed by atoms with Crippen LogP contribution in [0, 0.1) is 0 Å². The predicted octanol–water partition coefficient (Wildman–Crippen LogP) is 3.21. The van der Waals surface area contributed by atoms with Crippen molar-refractivity contribution >= 4 is 46.8 Å². The number of nitrogens with one attached hydrogen (secondary N) is 1. The normalized spacial score (nSPS) is 23.9. The van der Waals surface area contributed by atoms with Gasteiger partial charge in [0.15, 0.2) is 0 Å². The molecule has 2 aliphatic rings. The lowest BCUT2D eigenvalue weighted by molar-refractivity contribution is -0.143. The van der Waals surface area contributed by atoms with Crippen molar-refractivity contribution in [3.63, 3.8) is 0 Å². The summed E-state index contributed by atoms with van der Waals surface area (Å²) in [7, 11) is 1.42. The number of alkyl halides is 3. The Hall–Kier alpha value is -1.94. The monoisotopic (exact) mass is 449 g/mol. The van der Waals surface area contributed by atoms with Crippen LogP contribution in [0.4, 0.5) is 18.9 Å². The molecule has 2 heterocycles. The lowest BCUT2D eigenvalue weighted by Gasteiger charge is -2.31. The highest BCUT2D eigenvalue weighted by Gasteiger charge is 2.53. The van der Waals surface area contributed by atoms with E-state index < -0.39 is 33.6 Å². The van der Waals surface area contributed by atoms with Crippen LogP contribution in [0.25, 0.3) is 0 Å². The van der Waals surface area contributed by atoms with Gasteiger partial charge in [-0.3, -0.25) is 14.4 Å². The number of benzene rings is 1. The molecule has 2 fully saturated rings. The number of likely N-dealkylation sites (N-methyl/N-ethyl adjacent to an activating group) is 1. The van der Waals surface area contributed by atoms with E-state index in [-0.39, 0.29) is 24.0 Å². The van der Waals surface area contributed by atoms with Crippen LogP contribution in [-0.2, 0) is 20.6 Å². The fourth-order valence-electron chi connectivity index (χ4n) is 3.57. The Bertz CT molecular complexity index is 866. The summed E-state index contributed by atoms with van der Waals surface area (Å²) in [5.74, 6) is -0.676. The molecule has 0 aromatic heterocycles. The minimum Gasteiger partial charge on any atom is -0.335 e. The highest BCUT2D eigenvalue weighted by molar-refractivity contribution is 8.01. The Labute approximate surface area is 174 Å². The van der Waals surface area contributed by atoms with Crippen LogP contribution in [0.5, 0.6) is 0 Å². The summed E-state index contributed by atoms with van der Waals surface area (Å²) < 4.78 is 38.8. The molecule has 1 aromatic rings. The number of thioether (sulfide) groups is 1. The third-order valence-corrected chi connectivity index (χ3v) is 6.88. The molecule has 2 saturated heterocycles. The molecule has 3 amide bonds. The lowest BCUT2D eigenvalue weighted by Crippen LogP contribution is -2.51. The second kappa shape index (κ2) is 7.71. The summed E-state index contributed by atoms with van der Waals surface area (Å²) >= 11 is 7.10. The van der Waals surface area contributed by atoms with Crippen molar-refractivity contribution < 1.29 is 27.6 Å². The first-order valence-corrected chi connectivity index (χ1v) is 10.2. The van der Waals surface area contributed by atoms with Gasteiger partial charge >= 0.3 is 6.18 Å². The first-order valence-electron chi connectivity index (χ1n) is 8.80. The zero-order chi connectivity index (χ0) is 21.6. The SMILES string of the molecule is CN(CC(=O)Nc1ccc(Cl)c(C(F)(F)F)c1)C(=O)[C@@H]1CS[C@@]2(C)CCC(=O)N12. The third kappa shape index (κ3) is 4.32. The van der Waals surface area contributed by atoms with Crippen molar-refractivity contribution in [2.45, 2.75) is 36.9 Å². The summed E-state index contributed by atoms with van der Waals surface area (Å²) in [5, 5.41) is 1.87. The van der Waals surface area contributed by atoms with E-state index in [2.05, 4.69) is 5.32 Å². The molecule has 6 nitrogen and oxygen atoms in total. The zero-order valence-corrected chi connectivity index (χ0v) is 17.2. The molecule has 3 rings (SSSR count). The van der Waals surface area contributed by atoms with Gasteiger partial charge in [-0.05, 0) is 31.5 Å². The van der Waals surface area contributed by atoms with Crippen LogP contribution < -0.4 is 5.32 Å². The van der Waals surface area contributed by atoms with Crippen LogP contribution in [0.2, 0.25) is 5.02 Å². The number of anilines is 1. The molecule has 0 radical (unpaired) electrons. The van der Waals surface area contributed by atoms with Crippen molar-refractivity contribution in [2.75, 3.05) is 24.7 Å². The maximum Gasteiger partial charge on any atom is 0.417 e. The third-order valence-electron chi connectivity index (χ3n) is 5.04. The molecule has 158 valence electrons. The van der Waals surface area contributed by atoms with E-state index in [0.29, 0.717) is 18.6 Å². The van der Waals surface area contributed by atoms with Gasteiger partial charge in [-0.25, -0.2) is 0 Å². The van der Waals surface area contributed by atoms with Gasteiger partial charge < -0.3 is 15.1 Å². The highest BCUT2D eigenvalue weighted by atomic mass is 35.5. The average Bonchev–Trinajstić information content (AvgIpc) is 3.11. The van der Waals surface area contributed by atoms with E-state index in [1.807, 2.05) is 6.92 Å². The van der Waals surface area contributed by atoms with E-state index >= 15 is 0 Å². The average molecular weight is 450 g/mol. The summed E-state index contributed by atoms with van der Waals surface area (Å²) in [6.45, 7) is 1.56. The standard InChI is InChI=1S/C18H19ClF3N3O3S/c1-17-6-5-15(27)25(17)13(9-29-17)16(28)24(2)8-14(26)23-10-3-4-12(19)11(7-10)18(20,21)22/h3-4,7,13H,5-6,8-9H2,1-2H3,(H,23,26)/t13-,17-/m0/s1. The number of halogens is 4. The topological polar surface area (TPSA) is 69.7 Å². The van der Waals surface area contributed by atoms with Gasteiger partial charge in [0.2, 0.25) is 17.7 Å². The Morgan fingerprint density at radius 3 is 2.76 bits per heavy atom. The van der Waals surface area contributed by atoms with Crippen LogP contribution >= 0.6 is 23.4 Å². The number of rotatable bonds is 4. The van der Waals surface area contributed by atoms with Gasteiger partial charge in [0.05, 0.1) is 22.0 Å². The van der Waals surface area contributed by atoms with E-state index in [4.69, 9.17) is 11.6 Å². The maximum absolute atomic E-state index is 12.9. The molecular formula is C18H19ClF3N3O3S. The van der Waals surface area contributed by atoms with Crippen LogP contribution in [0.1, 0.15) is 25.3 Å². The van der Waals surface area contributed by atoms with Crippen molar-refractivity contribution in [2.24, 2.45) is 0 Å². The molecule has 1 N–H and O–H groups in total. The summed E-state index contributed by atoms with van der Waals surface area (Å²) in [5.41, 5.74) is -1.14. The zero-order valence-electron chi connectivity index (χ0n) is 15.7. The van der Waals surface area contributed by atoms with Gasteiger partial charge in [0.25, 0.3) is 0 Å². The highest BCUT2D eigenvalue weighted by Crippen LogP contribution is 2.47. The number of nitrogens with zero attached hydrogens (tertiary/aromatic N) is 2. The Morgan fingerprint density at radius 1 is 1.41 bits per heavy atom. The Balaban J connectivity index is 1.64. The molecular weight excluding hydrogens is 431 g/mol. The van der Waals surface area contributed by atoms with Crippen LogP contribution in [0.15, 0.2) is 18.2 Å². The van der Waals surface area contributed by atoms with E-state index in [1.54, 1.807) is 4.90 Å². The van der Waals surface area contributed by atoms with E-state index in [1.165, 1.54) is 29.8 Å². The first-order chi connectivity index (χ1) is 13.4. The van der Waals surface area contributed by atoms with Crippen LogP contribution in [-0.4, -0.2) is 57.8 Å². The van der Waals surface area contributed by atoms with Gasteiger partial charge in [0.1, 0.15) is 6.04 Å². The van der Waals surface area contributed by atoms with Gasteiger partial charge in [-0.15, -0.1) is 11.8 Å². The van der Waals surface area contributed by atoms with E-state index in [0.717, 1.165) is 12.1 Å². The van der Waals surface area contributed by atoms with Crippen LogP contribution in [0.3, 0.4) is 0 Å². The maximum atomic E-state index is 12.9. The number of carbonyl (C=O) groups is 3. The quantitative estimate of drug-likeness (QED) is 0.766. The number of carbonyl (C=O) groups excluding carboxylic acids is 3. The number of hydrogen-bond donors (Lipinski definition) is 1. The summed E-state index contributed by atoms with van der Waals surface area (Å²) in [6, 6.07) is 2.39. The van der Waals surface area contributed by atoms with Crippen molar-refractivity contribution in [1.82, 2.24) is 9.80 Å². The fourth-order valence-corrected chi connectivity index (χ4v) is 5.22. The molecule has 0 unspecified atom stereocenters. The predicted molar refractivity (Wildman–Crippen MR) is 103 cm³/mol. The summed E-state index contributed by atoms with van der Waals surface area (Å²) in [4.78, 5) is 39.5. The molecule has 0 spiro atoms. The van der Waals surface area contributed by atoms with Crippen molar-refractivity contribution in [1.29, 1.82) is 0 Å². The van der Waals surface area contributed by atoms with Gasteiger partial charge in [0, 0.05) is 24.9 Å². The molecule has 0 aliphatic carbocycles. The largest absolute Gasteiger partial charge is 0.417 e. The van der Waals surface area contributed by atoms with Crippen molar-refractivity contribution in [3.8, 4) is 0 Å². The Morgan fingerprint density at radius 2 is 2.10 bits per heavy atom. The lowest BCUT2D eigenvalue weighted by atomic mass is 10.2. The molecule has 1 aromatic carbocycles. The molecule has 11 heteroatoms. The minimum atomic E-state index is -4.65. The molecule has 0 bridgehead atoms. The second-order valence-electron chi connectivity index (χ2n) is 7.20. The van der Waals surface area contributed by atoms with Gasteiger partial charge in [-0.2, -0.15) is 13.2 Å². The second-order valence-corrected chi connectivity index (χ2v) is 9.11. The Kier molecular flexibility index (Phi) is 5.79. The van der Waals surface area contributed by atoms with E-state index in [9.17, 15) is 27.6 Å². The molecule has 2 aliphatic heterocycles.